The number of H-pyrrole nitrogens is 1. The van der Waals surface area contributed by atoms with E-state index in [9.17, 15) is 9.18 Å². The third-order valence-corrected chi connectivity index (χ3v) is 1.56. The molecule has 0 fully saturated rings. The number of rotatable bonds is 3. The SMILES string of the molecule is O=c1cc(CCCO)c(F)c[nH]1. The van der Waals surface area contributed by atoms with E-state index in [1.807, 2.05) is 0 Å². The molecule has 4 heteroatoms. The maximum Gasteiger partial charge on any atom is 0.248 e. The first-order valence-electron chi connectivity index (χ1n) is 3.72. The molecule has 0 amide bonds. The normalized spacial score (nSPS) is 10.2. The van der Waals surface area contributed by atoms with Gasteiger partial charge in [-0.25, -0.2) is 4.39 Å². The van der Waals surface area contributed by atoms with Crippen molar-refractivity contribution in [1.29, 1.82) is 0 Å². The summed E-state index contributed by atoms with van der Waals surface area (Å²) < 4.78 is 12.8. The van der Waals surface area contributed by atoms with E-state index in [2.05, 4.69) is 4.98 Å². The van der Waals surface area contributed by atoms with E-state index in [0.29, 0.717) is 18.4 Å². The van der Waals surface area contributed by atoms with E-state index >= 15 is 0 Å². The number of aromatic amines is 1. The minimum Gasteiger partial charge on any atom is -0.396 e. The lowest BCUT2D eigenvalue weighted by Gasteiger charge is -1.99. The number of hydrogen-bond acceptors (Lipinski definition) is 2. The Hall–Kier alpha value is -1.16. The molecule has 0 unspecified atom stereocenters. The zero-order valence-electron chi connectivity index (χ0n) is 6.51. The molecule has 1 aromatic heterocycles. The van der Waals surface area contributed by atoms with Crippen molar-refractivity contribution in [3.05, 3.63) is 34.0 Å². The van der Waals surface area contributed by atoms with Crippen molar-refractivity contribution in [3.63, 3.8) is 0 Å². The number of aromatic nitrogens is 1. The summed E-state index contributed by atoms with van der Waals surface area (Å²) in [6.07, 6.45) is 1.90. The molecule has 1 rings (SSSR count). The number of pyridine rings is 1. The molecule has 0 saturated heterocycles. The summed E-state index contributed by atoms with van der Waals surface area (Å²) in [4.78, 5) is 12.9. The molecular formula is C8H10FNO2. The van der Waals surface area contributed by atoms with Gasteiger partial charge in [0.05, 0.1) is 0 Å². The second kappa shape index (κ2) is 4.01. The summed E-state index contributed by atoms with van der Waals surface area (Å²) in [5.74, 6) is -0.428. The van der Waals surface area contributed by atoms with Crippen LogP contribution in [0.25, 0.3) is 0 Å². The highest BCUT2D eigenvalue weighted by atomic mass is 19.1. The molecule has 0 bridgehead atoms. The summed E-state index contributed by atoms with van der Waals surface area (Å²) in [6, 6.07) is 1.21. The summed E-state index contributed by atoms with van der Waals surface area (Å²) in [6.45, 7) is 0.00619. The molecule has 3 nitrogen and oxygen atoms in total. The van der Waals surface area contributed by atoms with Crippen LogP contribution < -0.4 is 5.56 Å². The van der Waals surface area contributed by atoms with Gasteiger partial charge in [0.1, 0.15) is 5.82 Å². The summed E-state index contributed by atoms with van der Waals surface area (Å²) in [5.41, 5.74) is 0.0390. The summed E-state index contributed by atoms with van der Waals surface area (Å²) >= 11 is 0. The number of aliphatic hydroxyl groups excluding tert-OH is 1. The van der Waals surface area contributed by atoms with Crippen molar-refractivity contribution in [1.82, 2.24) is 4.98 Å². The highest BCUT2D eigenvalue weighted by Gasteiger charge is 2.01. The van der Waals surface area contributed by atoms with Gasteiger partial charge in [-0.3, -0.25) is 4.79 Å². The van der Waals surface area contributed by atoms with E-state index in [4.69, 9.17) is 5.11 Å². The van der Waals surface area contributed by atoms with Crippen LogP contribution in [-0.2, 0) is 6.42 Å². The van der Waals surface area contributed by atoms with Crippen molar-refractivity contribution in [2.75, 3.05) is 6.61 Å². The number of aliphatic hydroxyl groups is 1. The lowest BCUT2D eigenvalue weighted by Crippen LogP contribution is -2.07. The van der Waals surface area contributed by atoms with E-state index in [1.54, 1.807) is 0 Å². The van der Waals surface area contributed by atoms with Gasteiger partial charge in [0.25, 0.3) is 0 Å². The largest absolute Gasteiger partial charge is 0.396 e. The summed E-state index contributed by atoms with van der Waals surface area (Å²) in [5, 5.41) is 8.48. The molecule has 1 aromatic rings. The average Bonchev–Trinajstić information content (AvgIpc) is 2.07. The van der Waals surface area contributed by atoms with Gasteiger partial charge in [-0.05, 0) is 18.4 Å². The maximum absolute atomic E-state index is 12.8. The second-order valence-electron chi connectivity index (χ2n) is 2.50. The predicted molar refractivity (Wildman–Crippen MR) is 42.4 cm³/mol. The standard InChI is InChI=1S/C8H10FNO2/c9-7-5-10-8(12)4-6(7)2-1-3-11/h4-5,11H,1-3H2,(H,10,12). The van der Waals surface area contributed by atoms with Crippen molar-refractivity contribution in [3.8, 4) is 0 Å². The number of hydrogen-bond donors (Lipinski definition) is 2. The predicted octanol–water partition coefficient (Wildman–Crippen LogP) is 0.439. The lowest BCUT2D eigenvalue weighted by molar-refractivity contribution is 0.288. The van der Waals surface area contributed by atoms with Crippen LogP contribution in [0.5, 0.6) is 0 Å². The molecule has 2 N–H and O–H groups in total. The highest BCUT2D eigenvalue weighted by molar-refractivity contribution is 5.12. The van der Waals surface area contributed by atoms with Gasteiger partial charge in [0, 0.05) is 18.9 Å². The molecule has 0 aliphatic rings. The van der Waals surface area contributed by atoms with Crippen LogP contribution in [0.1, 0.15) is 12.0 Å². The zero-order valence-corrected chi connectivity index (χ0v) is 6.51. The van der Waals surface area contributed by atoms with Crippen LogP contribution in [-0.4, -0.2) is 16.7 Å². The molecule has 0 spiro atoms. The third-order valence-electron chi connectivity index (χ3n) is 1.56. The van der Waals surface area contributed by atoms with E-state index in [-0.39, 0.29) is 12.2 Å². The molecule has 66 valence electrons. The van der Waals surface area contributed by atoms with Gasteiger partial charge in [-0.2, -0.15) is 0 Å². The van der Waals surface area contributed by atoms with E-state index < -0.39 is 5.82 Å². The van der Waals surface area contributed by atoms with Gasteiger partial charge in [0.2, 0.25) is 5.56 Å². The quantitative estimate of drug-likeness (QED) is 0.693. The Morgan fingerprint density at radius 2 is 2.33 bits per heavy atom. The van der Waals surface area contributed by atoms with Crippen LogP contribution >= 0.6 is 0 Å². The Morgan fingerprint density at radius 3 is 3.00 bits per heavy atom. The molecular weight excluding hydrogens is 161 g/mol. The zero-order chi connectivity index (χ0) is 8.97. The van der Waals surface area contributed by atoms with E-state index in [0.717, 1.165) is 6.20 Å². The molecule has 0 radical (unpaired) electrons. The topological polar surface area (TPSA) is 53.1 Å². The van der Waals surface area contributed by atoms with Crippen LogP contribution in [0, 0.1) is 5.82 Å². The second-order valence-corrected chi connectivity index (χ2v) is 2.50. The van der Waals surface area contributed by atoms with Crippen LogP contribution in [0.15, 0.2) is 17.1 Å². The van der Waals surface area contributed by atoms with Crippen molar-refractivity contribution < 1.29 is 9.50 Å². The Morgan fingerprint density at radius 1 is 1.58 bits per heavy atom. The molecule has 1 heterocycles. The van der Waals surface area contributed by atoms with Crippen molar-refractivity contribution >= 4 is 0 Å². The Labute approximate surface area is 68.9 Å². The van der Waals surface area contributed by atoms with Crippen LogP contribution in [0.4, 0.5) is 4.39 Å². The molecule has 0 aliphatic carbocycles. The Kier molecular flexibility index (Phi) is 2.99. The first-order valence-corrected chi connectivity index (χ1v) is 3.72. The van der Waals surface area contributed by atoms with E-state index in [1.165, 1.54) is 6.07 Å². The van der Waals surface area contributed by atoms with Crippen LogP contribution in [0.3, 0.4) is 0 Å². The Balaban J connectivity index is 2.82. The molecule has 0 atom stereocenters. The van der Waals surface area contributed by atoms with Gasteiger partial charge in [0.15, 0.2) is 0 Å². The van der Waals surface area contributed by atoms with Crippen LogP contribution in [0.2, 0.25) is 0 Å². The maximum atomic E-state index is 12.8. The molecule has 12 heavy (non-hydrogen) atoms. The molecule has 0 saturated carbocycles. The monoisotopic (exact) mass is 171 g/mol. The number of halogens is 1. The molecule has 0 aromatic carbocycles. The van der Waals surface area contributed by atoms with Crippen molar-refractivity contribution in [2.24, 2.45) is 0 Å². The summed E-state index contributed by atoms with van der Waals surface area (Å²) in [7, 11) is 0. The van der Waals surface area contributed by atoms with Crippen molar-refractivity contribution in [2.45, 2.75) is 12.8 Å². The number of nitrogens with one attached hydrogen (secondary N) is 1. The molecule has 0 aliphatic heterocycles. The van der Waals surface area contributed by atoms with Gasteiger partial charge >= 0.3 is 0 Å². The first-order chi connectivity index (χ1) is 5.74. The smallest absolute Gasteiger partial charge is 0.248 e. The fraction of sp³-hybridized carbons (Fsp3) is 0.375. The first kappa shape index (κ1) is 8.93. The number of aryl methyl sites for hydroxylation is 1. The fourth-order valence-corrected chi connectivity index (χ4v) is 0.957. The highest BCUT2D eigenvalue weighted by Crippen LogP contribution is 2.04. The lowest BCUT2D eigenvalue weighted by atomic mass is 10.1. The fourth-order valence-electron chi connectivity index (χ4n) is 0.957. The van der Waals surface area contributed by atoms with Gasteiger partial charge in [-0.1, -0.05) is 0 Å². The van der Waals surface area contributed by atoms with Gasteiger partial charge in [-0.15, -0.1) is 0 Å². The van der Waals surface area contributed by atoms with Gasteiger partial charge < -0.3 is 10.1 Å². The Bertz CT molecular complexity index is 308. The third kappa shape index (κ3) is 2.17. The minimum absolute atomic E-state index is 0.00619. The average molecular weight is 171 g/mol. The minimum atomic E-state index is -0.428.